The van der Waals surface area contributed by atoms with E-state index in [1.165, 1.54) is 0 Å². The highest BCUT2D eigenvalue weighted by molar-refractivity contribution is 9.10. The van der Waals surface area contributed by atoms with Gasteiger partial charge in [0.2, 0.25) is 0 Å². The van der Waals surface area contributed by atoms with Crippen LogP contribution >= 0.6 is 15.9 Å². The second kappa shape index (κ2) is 6.02. The van der Waals surface area contributed by atoms with Gasteiger partial charge in [0.25, 0.3) is 0 Å². The molecule has 100 valence electrons. The number of anilines is 1. The maximum atomic E-state index is 9.22. The van der Waals surface area contributed by atoms with Gasteiger partial charge in [0.05, 0.1) is 19.3 Å². The zero-order valence-corrected chi connectivity index (χ0v) is 12.1. The molecule has 3 N–H and O–H groups in total. The Hall–Kier alpha value is -0.620. The molecule has 1 aromatic rings. The van der Waals surface area contributed by atoms with Crippen molar-refractivity contribution in [3.05, 3.63) is 28.2 Å². The van der Waals surface area contributed by atoms with Crippen LogP contribution in [-0.4, -0.2) is 37.0 Å². The molecule has 18 heavy (non-hydrogen) atoms. The van der Waals surface area contributed by atoms with E-state index in [2.05, 4.69) is 39.9 Å². The Morgan fingerprint density at radius 3 is 2.94 bits per heavy atom. The minimum Gasteiger partial charge on any atom is -0.394 e. The molecule has 2 rings (SSSR count). The molecular formula is C13H19BrN2O2. The van der Waals surface area contributed by atoms with Crippen LogP contribution in [0.3, 0.4) is 0 Å². The van der Waals surface area contributed by atoms with Gasteiger partial charge in [-0.25, -0.2) is 0 Å². The van der Waals surface area contributed by atoms with Crippen molar-refractivity contribution < 1.29 is 9.84 Å². The van der Waals surface area contributed by atoms with E-state index in [4.69, 9.17) is 10.5 Å². The Labute approximate surface area is 116 Å². The zero-order valence-electron chi connectivity index (χ0n) is 10.5. The molecule has 2 atom stereocenters. The molecule has 1 aliphatic rings. The fraction of sp³-hybridized carbons (Fsp3) is 0.538. The van der Waals surface area contributed by atoms with Gasteiger partial charge in [-0.1, -0.05) is 15.9 Å². The first-order chi connectivity index (χ1) is 8.63. The number of nitrogens with two attached hydrogens (primary N) is 1. The fourth-order valence-corrected chi connectivity index (χ4v) is 2.73. The normalized spacial score (nSPS) is 24.3. The smallest absolute Gasteiger partial charge is 0.0981 e. The van der Waals surface area contributed by atoms with E-state index in [9.17, 15) is 5.11 Å². The molecule has 1 heterocycles. The molecule has 1 fully saturated rings. The van der Waals surface area contributed by atoms with Crippen LogP contribution in [0, 0.1) is 0 Å². The summed E-state index contributed by atoms with van der Waals surface area (Å²) in [6, 6.07) is 6.50. The molecule has 1 aliphatic heterocycles. The van der Waals surface area contributed by atoms with Crippen molar-refractivity contribution in [1.29, 1.82) is 0 Å². The van der Waals surface area contributed by atoms with E-state index in [1.54, 1.807) is 0 Å². The molecule has 4 nitrogen and oxygen atoms in total. The van der Waals surface area contributed by atoms with Crippen LogP contribution in [0.4, 0.5) is 5.69 Å². The molecular weight excluding hydrogens is 296 g/mol. The van der Waals surface area contributed by atoms with Crippen molar-refractivity contribution in [3.63, 3.8) is 0 Å². The van der Waals surface area contributed by atoms with Gasteiger partial charge in [-0.15, -0.1) is 0 Å². The van der Waals surface area contributed by atoms with Gasteiger partial charge in [0, 0.05) is 29.3 Å². The van der Waals surface area contributed by atoms with Gasteiger partial charge < -0.3 is 20.5 Å². The molecule has 0 aliphatic carbocycles. The maximum Gasteiger partial charge on any atom is 0.0981 e. The molecule has 0 radical (unpaired) electrons. The quantitative estimate of drug-likeness (QED) is 0.887. The van der Waals surface area contributed by atoms with Gasteiger partial charge >= 0.3 is 0 Å². The van der Waals surface area contributed by atoms with Crippen LogP contribution < -0.4 is 10.6 Å². The average Bonchev–Trinajstić information content (AvgIpc) is 2.38. The SMILES string of the molecule is CC1COC(CO)CN1c1cc(Br)cc(CN)c1. The molecule has 0 saturated carbocycles. The Balaban J connectivity index is 2.25. The Morgan fingerprint density at radius 2 is 2.28 bits per heavy atom. The minimum absolute atomic E-state index is 0.0565. The Bertz CT molecular complexity index is 414. The second-order valence-electron chi connectivity index (χ2n) is 4.66. The highest BCUT2D eigenvalue weighted by Gasteiger charge is 2.26. The van der Waals surface area contributed by atoms with E-state index >= 15 is 0 Å². The van der Waals surface area contributed by atoms with E-state index in [-0.39, 0.29) is 12.7 Å². The molecule has 1 saturated heterocycles. The lowest BCUT2D eigenvalue weighted by Crippen LogP contribution is -2.49. The first-order valence-corrected chi connectivity index (χ1v) is 6.92. The number of aliphatic hydroxyl groups is 1. The number of halogens is 1. The first-order valence-electron chi connectivity index (χ1n) is 6.12. The predicted octanol–water partition coefficient (Wildman–Crippen LogP) is 1.49. The molecule has 0 bridgehead atoms. The summed E-state index contributed by atoms with van der Waals surface area (Å²) in [6.45, 7) is 4.04. The van der Waals surface area contributed by atoms with Gasteiger partial charge in [0.1, 0.15) is 0 Å². The standard InChI is InChI=1S/C13H19BrN2O2/c1-9-8-18-13(7-17)6-16(9)12-3-10(5-15)2-11(14)4-12/h2-4,9,13,17H,5-8,15H2,1H3. The number of hydrogen-bond acceptors (Lipinski definition) is 4. The summed E-state index contributed by atoms with van der Waals surface area (Å²) in [5, 5.41) is 9.22. The van der Waals surface area contributed by atoms with Crippen molar-refractivity contribution >= 4 is 21.6 Å². The fourth-order valence-electron chi connectivity index (χ4n) is 2.20. The zero-order chi connectivity index (χ0) is 13.1. The molecule has 1 aromatic carbocycles. The molecule has 0 aromatic heterocycles. The summed E-state index contributed by atoms with van der Waals surface area (Å²) in [5.41, 5.74) is 7.92. The minimum atomic E-state index is -0.110. The van der Waals surface area contributed by atoms with Crippen LogP contribution in [0.1, 0.15) is 12.5 Å². The van der Waals surface area contributed by atoms with Gasteiger partial charge in [-0.3, -0.25) is 0 Å². The number of hydrogen-bond donors (Lipinski definition) is 2. The Morgan fingerprint density at radius 1 is 1.50 bits per heavy atom. The molecule has 2 unspecified atom stereocenters. The Kier molecular flexibility index (Phi) is 4.61. The number of ether oxygens (including phenoxy) is 1. The highest BCUT2D eigenvalue weighted by atomic mass is 79.9. The van der Waals surface area contributed by atoms with Crippen molar-refractivity contribution in [2.24, 2.45) is 5.73 Å². The van der Waals surface area contributed by atoms with E-state index in [1.807, 2.05) is 6.07 Å². The summed E-state index contributed by atoms with van der Waals surface area (Å²) in [4.78, 5) is 2.26. The van der Waals surface area contributed by atoms with E-state index in [0.717, 1.165) is 15.7 Å². The van der Waals surface area contributed by atoms with Crippen molar-refractivity contribution in [1.82, 2.24) is 0 Å². The van der Waals surface area contributed by atoms with Crippen LogP contribution in [0.25, 0.3) is 0 Å². The van der Waals surface area contributed by atoms with Crippen molar-refractivity contribution in [2.75, 3.05) is 24.7 Å². The number of morpholine rings is 1. The molecule has 0 amide bonds. The van der Waals surface area contributed by atoms with Gasteiger partial charge in [-0.2, -0.15) is 0 Å². The second-order valence-corrected chi connectivity index (χ2v) is 5.58. The third-order valence-electron chi connectivity index (χ3n) is 3.22. The molecule has 0 spiro atoms. The lowest BCUT2D eigenvalue weighted by molar-refractivity contribution is -0.0103. The number of benzene rings is 1. The van der Waals surface area contributed by atoms with Crippen LogP contribution in [-0.2, 0) is 11.3 Å². The predicted molar refractivity (Wildman–Crippen MR) is 75.7 cm³/mol. The topological polar surface area (TPSA) is 58.7 Å². The molecule has 5 heteroatoms. The van der Waals surface area contributed by atoms with Crippen LogP contribution in [0.15, 0.2) is 22.7 Å². The monoisotopic (exact) mass is 314 g/mol. The van der Waals surface area contributed by atoms with Gasteiger partial charge in [-0.05, 0) is 30.7 Å². The maximum absolute atomic E-state index is 9.22. The summed E-state index contributed by atoms with van der Waals surface area (Å²) < 4.78 is 6.58. The third kappa shape index (κ3) is 3.03. The summed E-state index contributed by atoms with van der Waals surface area (Å²) in [6.07, 6.45) is -0.110. The first kappa shape index (κ1) is 13.8. The van der Waals surface area contributed by atoms with Crippen LogP contribution in [0.2, 0.25) is 0 Å². The lowest BCUT2D eigenvalue weighted by Gasteiger charge is -2.39. The number of nitrogens with zero attached hydrogens (tertiary/aromatic N) is 1. The van der Waals surface area contributed by atoms with Crippen LogP contribution in [0.5, 0.6) is 0 Å². The largest absolute Gasteiger partial charge is 0.394 e. The summed E-state index contributed by atoms with van der Waals surface area (Å²) >= 11 is 3.51. The van der Waals surface area contributed by atoms with E-state index < -0.39 is 0 Å². The third-order valence-corrected chi connectivity index (χ3v) is 3.68. The lowest BCUT2D eigenvalue weighted by atomic mass is 10.1. The highest BCUT2D eigenvalue weighted by Crippen LogP contribution is 2.26. The average molecular weight is 315 g/mol. The summed E-state index contributed by atoms with van der Waals surface area (Å²) in [5.74, 6) is 0. The van der Waals surface area contributed by atoms with Crippen molar-refractivity contribution in [2.45, 2.75) is 25.6 Å². The van der Waals surface area contributed by atoms with E-state index in [0.29, 0.717) is 25.7 Å². The van der Waals surface area contributed by atoms with Crippen molar-refractivity contribution in [3.8, 4) is 0 Å². The number of aliphatic hydroxyl groups excluding tert-OH is 1. The van der Waals surface area contributed by atoms with Gasteiger partial charge in [0.15, 0.2) is 0 Å². The summed E-state index contributed by atoms with van der Waals surface area (Å²) in [7, 11) is 0. The number of rotatable bonds is 3.